The molecule has 1 fully saturated rings. The van der Waals surface area contributed by atoms with Gasteiger partial charge in [0.15, 0.2) is 0 Å². The van der Waals surface area contributed by atoms with Crippen LogP contribution in [0.3, 0.4) is 0 Å². The van der Waals surface area contributed by atoms with Crippen LogP contribution in [0.4, 0.5) is 0 Å². The second-order valence-corrected chi connectivity index (χ2v) is 19.6. The van der Waals surface area contributed by atoms with Gasteiger partial charge in [0.2, 0.25) is 53.2 Å². The predicted molar refractivity (Wildman–Crippen MR) is 254 cm³/mol. The third kappa shape index (κ3) is 14.7. The average molecular weight is 1020 g/mol. The van der Waals surface area contributed by atoms with Crippen molar-refractivity contribution in [2.75, 3.05) is 45.1 Å². The first-order valence-corrected chi connectivity index (χ1v) is 25.0. The van der Waals surface area contributed by atoms with Gasteiger partial charge in [0.1, 0.15) is 47.0 Å². The van der Waals surface area contributed by atoms with Crippen LogP contribution in [0.2, 0.25) is 0 Å². The average Bonchev–Trinajstić information content (AvgIpc) is 3.91. The molecule has 1 aromatic carbocycles. The Morgan fingerprint density at radius 3 is 2.23 bits per heavy atom. The summed E-state index contributed by atoms with van der Waals surface area (Å²) in [7, 11) is -2.36. The molecule has 3 aliphatic heterocycles. The minimum atomic E-state index is -2.36. The molecule has 1 saturated heterocycles. The molecule has 2 aromatic rings. The lowest BCUT2D eigenvalue weighted by molar-refractivity contribution is -0.144. The third-order valence-electron chi connectivity index (χ3n) is 12.9. The number of aliphatic hydroxyl groups is 3. The number of primary amides is 1. The number of benzene rings is 1. The minimum absolute atomic E-state index is 0.102. The smallest absolute Gasteiger partial charge is 0.246 e. The van der Waals surface area contributed by atoms with Crippen molar-refractivity contribution >= 4 is 74.9 Å². The minimum Gasteiger partial charge on any atom is -0.494 e. The molecule has 0 radical (unpaired) electrons. The second kappa shape index (κ2) is 25.8. The van der Waals surface area contributed by atoms with Gasteiger partial charge in [-0.1, -0.05) is 40.0 Å². The van der Waals surface area contributed by atoms with Gasteiger partial charge in [-0.2, -0.15) is 0 Å². The Kier molecular flexibility index (Phi) is 20.2. The summed E-state index contributed by atoms with van der Waals surface area (Å²) in [5.74, 6) is -11.2. The number of amides is 9. The summed E-state index contributed by atoms with van der Waals surface area (Å²) in [6.07, 6.45) is -1.00. The standard InChI is InChI=1S/C45H67N11O14S/c1-4-22(2)37-42(66)49-17-35(61)50-31-21-71(69)44-27(26-10-9-25(14-28(26)53-44)70-12-8-6-5-7-11-46)15-29(39(63)48-18-36(62)54-37)51-43(67)38(23(3)33(59)20-57)55-41(65)32-13-24(58)19-56(32)45(68)30(16-34(47)60)52-40(31)64/h9-10,14,22-24,29-33,37-38,53,57-59H,4-8,11-13,15-21,46H2,1-3H3,(H2,47,60)(H,48,63)(H,49,66)(H,50,61)(H,51,67)(H,52,64)(H,54,62)(H,55,65)/t22-,23-,24?,29+,30-,31?,32-,33-,37-,38-,71+/m0/s1. The van der Waals surface area contributed by atoms with Crippen molar-refractivity contribution in [2.45, 2.75) is 126 Å². The van der Waals surface area contributed by atoms with Crippen LogP contribution in [0.25, 0.3) is 10.9 Å². The summed E-state index contributed by atoms with van der Waals surface area (Å²) in [5, 5.41) is 49.2. The van der Waals surface area contributed by atoms with Crippen LogP contribution in [0.1, 0.15) is 71.3 Å². The lowest BCUT2D eigenvalue weighted by Crippen LogP contribution is -2.62. The van der Waals surface area contributed by atoms with Crippen LogP contribution < -0.4 is 53.4 Å². The molecule has 0 spiro atoms. The van der Waals surface area contributed by atoms with Gasteiger partial charge in [0, 0.05) is 36.8 Å². The van der Waals surface area contributed by atoms with E-state index in [1.54, 1.807) is 32.0 Å². The maximum atomic E-state index is 14.9. The Hall–Kier alpha value is -6.22. The number of aliphatic hydroxyl groups excluding tert-OH is 3. The molecule has 2 bridgehead atoms. The molecule has 392 valence electrons. The molecule has 5 rings (SSSR count). The van der Waals surface area contributed by atoms with E-state index in [-0.39, 0.29) is 10.6 Å². The van der Waals surface area contributed by atoms with Crippen LogP contribution in [-0.4, -0.2) is 176 Å². The molecule has 26 heteroatoms. The van der Waals surface area contributed by atoms with Crippen LogP contribution in [0.15, 0.2) is 23.2 Å². The Balaban J connectivity index is 1.72. The SMILES string of the molecule is CC[C@H](C)[C@@H]1NC(=O)CNC(=O)[C@H]2Cc3c([nH]c4cc(OCCCCCCN)ccc34)[S@](=O)CC(NC(=O)CNC1=O)C(=O)N[C@@H](CC(N)=O)C(=O)N1CC(O)C[C@H]1C(=O)N[C@@H]([C@@H](C)[C@@H](O)CO)C(=O)N2. The maximum absolute atomic E-state index is 14.9. The number of nitrogens with two attached hydrogens (primary N) is 2. The Morgan fingerprint density at radius 1 is 0.859 bits per heavy atom. The molecule has 9 amide bonds. The van der Waals surface area contributed by atoms with Gasteiger partial charge < -0.3 is 78.6 Å². The summed E-state index contributed by atoms with van der Waals surface area (Å²) >= 11 is 0. The van der Waals surface area contributed by atoms with Crippen LogP contribution in [0, 0.1) is 11.8 Å². The predicted octanol–water partition coefficient (Wildman–Crippen LogP) is -4.73. The molecule has 2 unspecified atom stereocenters. The topological polar surface area (TPSA) is 396 Å². The molecule has 4 heterocycles. The molecule has 71 heavy (non-hydrogen) atoms. The van der Waals surface area contributed by atoms with Gasteiger partial charge in [-0.25, -0.2) is 0 Å². The van der Waals surface area contributed by atoms with Gasteiger partial charge in [-0.15, -0.1) is 0 Å². The van der Waals surface area contributed by atoms with Gasteiger partial charge in [-0.3, -0.25) is 47.4 Å². The lowest BCUT2D eigenvalue weighted by Gasteiger charge is -2.32. The quantitative estimate of drug-likeness (QED) is 0.0791. The normalized spacial score (nSPS) is 26.8. The highest BCUT2D eigenvalue weighted by molar-refractivity contribution is 7.85. The number of H-pyrrole nitrogens is 1. The number of fused-ring (bicyclic) bond motifs is 5. The van der Waals surface area contributed by atoms with Crippen LogP contribution in [0.5, 0.6) is 5.75 Å². The number of nitrogens with one attached hydrogen (secondary N) is 8. The number of nitrogens with zero attached hydrogens (tertiary/aromatic N) is 1. The fraction of sp³-hybridized carbons (Fsp3) is 0.622. The van der Waals surface area contributed by atoms with E-state index in [0.29, 0.717) is 36.2 Å². The van der Waals surface area contributed by atoms with E-state index in [2.05, 4.69) is 42.2 Å². The fourth-order valence-electron chi connectivity index (χ4n) is 8.57. The zero-order valence-electron chi connectivity index (χ0n) is 40.0. The zero-order valence-corrected chi connectivity index (χ0v) is 40.8. The number of ether oxygens (including phenoxy) is 1. The highest BCUT2D eigenvalue weighted by Gasteiger charge is 2.45. The first kappa shape index (κ1) is 55.7. The summed E-state index contributed by atoms with van der Waals surface area (Å²) in [4.78, 5) is 129. The molecule has 15 N–H and O–H groups in total. The van der Waals surface area contributed by atoms with Crippen LogP contribution >= 0.6 is 0 Å². The molecule has 11 atom stereocenters. The van der Waals surface area contributed by atoms with Crippen molar-refractivity contribution in [1.82, 2.24) is 47.1 Å². The lowest BCUT2D eigenvalue weighted by atomic mass is 9.93. The highest BCUT2D eigenvalue weighted by atomic mass is 32.2. The maximum Gasteiger partial charge on any atom is 0.246 e. The summed E-state index contributed by atoms with van der Waals surface area (Å²) in [6, 6.07) is -5.04. The Bertz CT molecular complexity index is 2330. The number of aromatic nitrogens is 1. The van der Waals surface area contributed by atoms with E-state index in [9.17, 15) is 62.7 Å². The van der Waals surface area contributed by atoms with Crippen molar-refractivity contribution in [3.8, 4) is 5.75 Å². The first-order valence-electron chi connectivity index (χ1n) is 23.7. The first-order chi connectivity index (χ1) is 33.8. The van der Waals surface area contributed by atoms with Crippen molar-refractivity contribution in [3.05, 3.63) is 23.8 Å². The van der Waals surface area contributed by atoms with E-state index in [4.69, 9.17) is 16.2 Å². The molecule has 25 nitrogen and oxygen atoms in total. The van der Waals surface area contributed by atoms with E-state index in [0.717, 1.165) is 30.6 Å². The number of carbonyl (C=O) groups is 9. The zero-order chi connectivity index (χ0) is 52.1. The summed E-state index contributed by atoms with van der Waals surface area (Å²) in [5.41, 5.74) is 11.6. The van der Waals surface area contributed by atoms with E-state index in [1.807, 2.05) is 0 Å². The Labute approximate surface area is 411 Å². The third-order valence-corrected chi connectivity index (χ3v) is 14.3. The van der Waals surface area contributed by atoms with Crippen LogP contribution in [-0.2, 0) is 60.4 Å². The monoisotopic (exact) mass is 1020 g/mol. The summed E-state index contributed by atoms with van der Waals surface area (Å²) < 4.78 is 20.9. The molecule has 1 aromatic heterocycles. The van der Waals surface area contributed by atoms with Crippen molar-refractivity contribution in [2.24, 2.45) is 23.3 Å². The van der Waals surface area contributed by atoms with Crippen molar-refractivity contribution < 1.29 is 67.4 Å². The molecule has 3 aliphatic rings. The second-order valence-electron chi connectivity index (χ2n) is 18.2. The van der Waals surface area contributed by atoms with E-state index < -0.39 is 176 Å². The Morgan fingerprint density at radius 2 is 1.55 bits per heavy atom. The number of unbranched alkanes of at least 4 members (excludes halogenated alkanes) is 3. The number of carbonyl (C=O) groups excluding carboxylic acids is 9. The van der Waals surface area contributed by atoms with Gasteiger partial charge in [0.05, 0.1) is 67.0 Å². The van der Waals surface area contributed by atoms with Crippen molar-refractivity contribution in [1.29, 1.82) is 0 Å². The van der Waals surface area contributed by atoms with E-state index >= 15 is 0 Å². The van der Waals surface area contributed by atoms with E-state index in [1.165, 1.54) is 6.92 Å². The number of aromatic amines is 1. The van der Waals surface area contributed by atoms with Gasteiger partial charge >= 0.3 is 0 Å². The highest BCUT2D eigenvalue weighted by Crippen LogP contribution is 2.31. The molecule has 0 saturated carbocycles. The number of hydrogen-bond donors (Lipinski definition) is 13. The number of hydrogen-bond acceptors (Lipinski definition) is 15. The summed E-state index contributed by atoms with van der Waals surface area (Å²) in [6.45, 7) is 2.75. The largest absolute Gasteiger partial charge is 0.494 e. The molecular weight excluding hydrogens is 951 g/mol. The molecule has 0 aliphatic carbocycles. The fourth-order valence-corrected chi connectivity index (χ4v) is 9.97. The van der Waals surface area contributed by atoms with Gasteiger partial charge in [0.25, 0.3) is 0 Å². The van der Waals surface area contributed by atoms with Gasteiger partial charge in [-0.05, 0) is 43.0 Å². The number of rotatable bonds is 14. The molecular formula is C45H67N11O14S. The van der Waals surface area contributed by atoms with Crippen molar-refractivity contribution in [3.63, 3.8) is 0 Å².